The Bertz CT molecular complexity index is 758. The van der Waals surface area contributed by atoms with Gasteiger partial charge in [0, 0.05) is 30.0 Å². The first-order valence-corrected chi connectivity index (χ1v) is 9.87. The van der Waals surface area contributed by atoms with Crippen molar-refractivity contribution in [2.45, 2.75) is 20.3 Å². The second-order valence-electron chi connectivity index (χ2n) is 5.81. The first-order valence-electron chi connectivity index (χ1n) is 7.78. The van der Waals surface area contributed by atoms with E-state index < -0.39 is 5.41 Å². The fraction of sp³-hybridized carbons (Fsp3) is 0.389. The van der Waals surface area contributed by atoms with Gasteiger partial charge < -0.3 is 5.11 Å². The molecule has 2 aromatic rings. The summed E-state index contributed by atoms with van der Waals surface area (Å²) in [7, 11) is 0. The summed E-state index contributed by atoms with van der Waals surface area (Å²) in [6.45, 7) is 3.54. The van der Waals surface area contributed by atoms with E-state index in [1.165, 1.54) is 16.2 Å². The maximum Gasteiger partial charge on any atom is 0.234 e. The third-order valence-electron chi connectivity index (χ3n) is 3.53. The molecule has 1 amide bonds. The number of thiazole rings is 1. The van der Waals surface area contributed by atoms with Crippen LogP contribution < -0.4 is 4.90 Å². The van der Waals surface area contributed by atoms with Crippen LogP contribution in [-0.2, 0) is 4.79 Å². The summed E-state index contributed by atoms with van der Waals surface area (Å²) in [6, 6.07) is 3.67. The first-order chi connectivity index (χ1) is 12.4. The molecule has 0 bridgehead atoms. The molecular weight excluding hydrogens is 390 g/mol. The minimum atomic E-state index is -0.757. The molecule has 2 rings (SSSR count). The number of aliphatic hydroxyl groups is 1. The molecule has 5 nitrogen and oxygen atoms in total. The minimum Gasteiger partial charge on any atom is -0.396 e. The molecule has 0 radical (unpaired) electrons. The number of anilines is 1. The van der Waals surface area contributed by atoms with Crippen LogP contribution in [-0.4, -0.2) is 40.4 Å². The fourth-order valence-corrected chi connectivity index (χ4v) is 3.45. The van der Waals surface area contributed by atoms with Crippen LogP contribution >= 0.6 is 35.6 Å². The zero-order valence-corrected chi connectivity index (χ0v) is 17.4. The van der Waals surface area contributed by atoms with Crippen molar-refractivity contribution in [2.24, 2.45) is 5.41 Å². The number of rotatable bonds is 6. The van der Waals surface area contributed by atoms with Crippen LogP contribution in [0.2, 0.25) is 5.15 Å². The number of terminal acetylenes is 1. The summed E-state index contributed by atoms with van der Waals surface area (Å²) in [5.41, 5.74) is 0.0614. The van der Waals surface area contributed by atoms with Crippen LogP contribution in [0, 0.1) is 17.8 Å². The molecule has 0 aliphatic carbocycles. The van der Waals surface area contributed by atoms with Crippen molar-refractivity contribution in [3.63, 3.8) is 0 Å². The van der Waals surface area contributed by atoms with Gasteiger partial charge in [-0.25, -0.2) is 4.98 Å². The largest absolute Gasteiger partial charge is 0.396 e. The molecule has 8 heteroatoms. The standard InChI is InChI=1S/C17H18ClN3O2S.CH4S/c1-4-9-21(16(23)17(2,3)7-10-22)15-13(18)20-14(24-15)12-6-5-8-19-11-12;1-2/h1,5-6,8,11,22H,7,9-10H2,2-3H3;2H,1H3. The number of carbonyl (C=O) groups is 1. The van der Waals surface area contributed by atoms with E-state index in [-0.39, 0.29) is 24.2 Å². The van der Waals surface area contributed by atoms with Crippen LogP contribution in [0.1, 0.15) is 20.3 Å². The van der Waals surface area contributed by atoms with Crippen molar-refractivity contribution in [3.05, 3.63) is 29.7 Å². The lowest BCUT2D eigenvalue weighted by Gasteiger charge is -2.29. The van der Waals surface area contributed by atoms with Crippen molar-refractivity contribution >= 4 is 46.5 Å². The Balaban J connectivity index is 0.00000163. The Morgan fingerprint density at radius 1 is 1.50 bits per heavy atom. The number of halogens is 1. The number of amides is 1. The lowest BCUT2D eigenvalue weighted by atomic mass is 9.88. The number of carbonyl (C=O) groups excluding carboxylic acids is 1. The second-order valence-corrected chi connectivity index (χ2v) is 7.15. The zero-order valence-electron chi connectivity index (χ0n) is 14.9. The third-order valence-corrected chi connectivity index (χ3v) is 5.04. The average Bonchev–Trinajstić information content (AvgIpc) is 3.03. The van der Waals surface area contributed by atoms with Crippen LogP contribution in [0.25, 0.3) is 10.6 Å². The lowest BCUT2D eigenvalue weighted by Crippen LogP contribution is -2.41. The van der Waals surface area contributed by atoms with Crippen molar-refractivity contribution in [1.29, 1.82) is 0 Å². The molecule has 0 aromatic carbocycles. The molecule has 1 N–H and O–H groups in total. The SMILES string of the molecule is C#CCN(C(=O)C(C)(C)CCO)c1sc(-c2cccnc2)nc1Cl.CS. The molecule has 0 unspecified atom stereocenters. The van der Waals surface area contributed by atoms with Gasteiger partial charge in [0.2, 0.25) is 5.91 Å². The Kier molecular flexibility index (Phi) is 9.09. The van der Waals surface area contributed by atoms with E-state index in [9.17, 15) is 9.90 Å². The highest BCUT2D eigenvalue weighted by Gasteiger charge is 2.34. The molecule has 0 atom stereocenters. The third kappa shape index (κ3) is 5.45. The monoisotopic (exact) mass is 411 g/mol. The highest BCUT2D eigenvalue weighted by molar-refractivity contribution is 7.79. The number of thiol groups is 1. The van der Waals surface area contributed by atoms with E-state index in [0.717, 1.165) is 5.56 Å². The summed E-state index contributed by atoms with van der Waals surface area (Å²) in [5.74, 6) is 2.29. The number of pyridine rings is 1. The van der Waals surface area contributed by atoms with Crippen LogP contribution in [0.3, 0.4) is 0 Å². The summed E-state index contributed by atoms with van der Waals surface area (Å²) in [5, 5.41) is 10.6. The summed E-state index contributed by atoms with van der Waals surface area (Å²) in [6.07, 6.45) is 10.8. The van der Waals surface area contributed by atoms with Crippen LogP contribution in [0.15, 0.2) is 24.5 Å². The van der Waals surface area contributed by atoms with Crippen LogP contribution in [0.5, 0.6) is 0 Å². The van der Waals surface area contributed by atoms with E-state index in [4.69, 9.17) is 18.0 Å². The maximum absolute atomic E-state index is 12.9. The van der Waals surface area contributed by atoms with Gasteiger partial charge in [-0.3, -0.25) is 14.7 Å². The molecule has 26 heavy (non-hydrogen) atoms. The second kappa shape index (κ2) is 10.5. The molecule has 0 spiro atoms. The molecular formula is C18H22ClN3O2S2. The van der Waals surface area contributed by atoms with Gasteiger partial charge in [-0.1, -0.05) is 42.7 Å². The van der Waals surface area contributed by atoms with Gasteiger partial charge in [0.05, 0.1) is 6.54 Å². The Morgan fingerprint density at radius 2 is 2.19 bits per heavy atom. The Morgan fingerprint density at radius 3 is 2.73 bits per heavy atom. The smallest absolute Gasteiger partial charge is 0.234 e. The summed E-state index contributed by atoms with van der Waals surface area (Å²) in [4.78, 5) is 22.7. The first kappa shape index (κ1) is 22.5. The molecule has 0 saturated carbocycles. The van der Waals surface area contributed by atoms with E-state index in [1.54, 1.807) is 38.6 Å². The molecule has 0 saturated heterocycles. The van der Waals surface area contributed by atoms with Crippen LogP contribution in [0.4, 0.5) is 5.00 Å². The maximum atomic E-state index is 12.9. The van der Waals surface area contributed by atoms with Crippen molar-refractivity contribution < 1.29 is 9.90 Å². The molecule has 2 aromatic heterocycles. The Hall–Kier alpha value is -1.59. The summed E-state index contributed by atoms with van der Waals surface area (Å²) >= 11 is 11.1. The number of aromatic nitrogens is 2. The van der Waals surface area contributed by atoms with Gasteiger partial charge in [0.25, 0.3) is 0 Å². The fourth-order valence-electron chi connectivity index (χ4n) is 2.15. The van der Waals surface area contributed by atoms with E-state index >= 15 is 0 Å². The quantitative estimate of drug-likeness (QED) is 0.560. The highest BCUT2D eigenvalue weighted by Crippen LogP contribution is 2.39. The molecule has 0 aliphatic heterocycles. The van der Waals surface area contributed by atoms with Crippen molar-refractivity contribution in [3.8, 4) is 22.9 Å². The normalized spacial score (nSPS) is 10.5. The van der Waals surface area contributed by atoms with E-state index in [1.807, 2.05) is 6.07 Å². The number of hydrogen-bond donors (Lipinski definition) is 2. The van der Waals surface area contributed by atoms with Gasteiger partial charge in [0.15, 0.2) is 5.15 Å². The molecule has 140 valence electrons. The molecule has 0 fully saturated rings. The predicted octanol–water partition coefficient (Wildman–Crippen LogP) is 3.78. The van der Waals surface area contributed by atoms with Crippen molar-refractivity contribution in [2.75, 3.05) is 24.3 Å². The van der Waals surface area contributed by atoms with Gasteiger partial charge in [-0.15, -0.1) is 6.42 Å². The number of nitrogens with zero attached hydrogens (tertiary/aromatic N) is 3. The average molecular weight is 412 g/mol. The summed E-state index contributed by atoms with van der Waals surface area (Å²) < 4.78 is 0. The minimum absolute atomic E-state index is 0.0833. The van der Waals surface area contributed by atoms with E-state index in [0.29, 0.717) is 16.4 Å². The topological polar surface area (TPSA) is 66.3 Å². The predicted molar refractivity (Wildman–Crippen MR) is 112 cm³/mol. The van der Waals surface area contributed by atoms with Gasteiger partial charge in [-0.2, -0.15) is 12.6 Å². The van der Waals surface area contributed by atoms with E-state index in [2.05, 4.69) is 28.5 Å². The Labute approximate surface area is 168 Å². The van der Waals surface area contributed by atoms with Gasteiger partial charge in [-0.05, 0) is 24.8 Å². The van der Waals surface area contributed by atoms with Crippen molar-refractivity contribution in [1.82, 2.24) is 9.97 Å². The molecule has 0 aliphatic rings. The lowest BCUT2D eigenvalue weighted by molar-refractivity contribution is -0.127. The number of hydrogen-bond acceptors (Lipinski definition) is 6. The van der Waals surface area contributed by atoms with Gasteiger partial charge in [0.1, 0.15) is 10.0 Å². The highest BCUT2D eigenvalue weighted by atomic mass is 35.5. The molecule has 2 heterocycles. The van der Waals surface area contributed by atoms with Gasteiger partial charge >= 0.3 is 0 Å². The zero-order chi connectivity index (χ0) is 19.7. The number of aliphatic hydroxyl groups excluding tert-OH is 1.